The van der Waals surface area contributed by atoms with Crippen LogP contribution in [-0.4, -0.2) is 35.4 Å². The number of hydrogen-bond acceptors (Lipinski definition) is 5. The van der Waals surface area contributed by atoms with Crippen LogP contribution in [0.3, 0.4) is 0 Å². The van der Waals surface area contributed by atoms with Gasteiger partial charge in [0, 0.05) is 11.8 Å². The van der Waals surface area contributed by atoms with Crippen LogP contribution in [0.25, 0.3) is 0 Å². The minimum Gasteiger partial charge on any atom is -0.491 e. The highest BCUT2D eigenvalue weighted by molar-refractivity contribution is 6.32. The molecule has 1 heterocycles. The zero-order valence-electron chi connectivity index (χ0n) is 12.9. The van der Waals surface area contributed by atoms with Gasteiger partial charge in [-0.3, -0.25) is 4.79 Å². The molecule has 0 radical (unpaired) electrons. The van der Waals surface area contributed by atoms with Gasteiger partial charge in [0.15, 0.2) is 11.5 Å². The lowest BCUT2D eigenvalue weighted by Gasteiger charge is -2.15. The number of nitrogens with zero attached hydrogens (tertiary/aromatic N) is 1. The molecule has 0 fully saturated rings. The van der Waals surface area contributed by atoms with Gasteiger partial charge in [-0.2, -0.15) is 0 Å². The average molecular weight is 391 g/mol. The van der Waals surface area contributed by atoms with Crippen molar-refractivity contribution in [2.75, 3.05) is 12.4 Å². The fourth-order valence-electron chi connectivity index (χ4n) is 1.88. The van der Waals surface area contributed by atoms with Gasteiger partial charge in [-0.05, 0) is 24.3 Å². The van der Waals surface area contributed by atoms with E-state index in [9.17, 15) is 22.8 Å². The molecule has 0 atom stereocenters. The highest BCUT2D eigenvalue weighted by Crippen LogP contribution is 2.39. The number of alkyl halides is 3. The minimum atomic E-state index is -5.01. The van der Waals surface area contributed by atoms with E-state index in [1.54, 1.807) is 0 Å². The van der Waals surface area contributed by atoms with Crippen molar-refractivity contribution in [2.24, 2.45) is 0 Å². The summed E-state index contributed by atoms with van der Waals surface area (Å²) in [5, 5.41) is 10.8. The van der Waals surface area contributed by atoms with Crippen molar-refractivity contribution in [1.82, 2.24) is 4.98 Å². The van der Waals surface area contributed by atoms with E-state index in [0.29, 0.717) is 0 Å². The van der Waals surface area contributed by atoms with E-state index in [2.05, 4.69) is 15.0 Å². The molecule has 0 spiro atoms. The van der Waals surface area contributed by atoms with Crippen molar-refractivity contribution >= 4 is 29.3 Å². The van der Waals surface area contributed by atoms with E-state index in [1.807, 2.05) is 0 Å². The largest absolute Gasteiger partial charge is 0.573 e. The molecule has 138 valence electrons. The second-order valence-corrected chi connectivity index (χ2v) is 5.14. The van der Waals surface area contributed by atoms with Crippen LogP contribution in [0.15, 0.2) is 30.5 Å². The molecule has 0 saturated heterocycles. The number of carbonyl (C=O) groups excluding carboxylic acids is 1. The molecule has 2 N–H and O–H groups in total. The number of halogens is 4. The lowest BCUT2D eigenvalue weighted by molar-refractivity contribution is -0.275. The van der Waals surface area contributed by atoms with Crippen molar-refractivity contribution in [3.05, 3.63) is 46.6 Å². The van der Waals surface area contributed by atoms with Crippen LogP contribution in [-0.2, 0) is 0 Å². The molecular weight excluding hydrogens is 381 g/mol. The van der Waals surface area contributed by atoms with Crippen LogP contribution in [0.4, 0.5) is 19.0 Å². The van der Waals surface area contributed by atoms with E-state index >= 15 is 0 Å². The molecule has 0 bridgehead atoms. The molecule has 1 amide bonds. The first-order valence-electron chi connectivity index (χ1n) is 6.74. The normalized spacial score (nSPS) is 11.0. The Bertz CT molecular complexity index is 840. The number of carbonyl (C=O) groups is 2. The standard InChI is InChI=1S/C15H10ClF3N2O5/c1-25-12-9(16)4-8(5-10(12)26-15(17,18)19)13(22)21-11-3-2-7(6-20-11)14(23)24/h2-6H,1H3,(H,23,24)(H,20,21,22). The smallest absolute Gasteiger partial charge is 0.491 e. The van der Waals surface area contributed by atoms with E-state index < -0.39 is 24.0 Å². The summed E-state index contributed by atoms with van der Waals surface area (Å²) in [6.45, 7) is 0. The predicted octanol–water partition coefficient (Wildman–Crippen LogP) is 3.59. The second-order valence-electron chi connectivity index (χ2n) is 4.73. The number of amides is 1. The van der Waals surface area contributed by atoms with Crippen molar-refractivity contribution < 1.29 is 37.3 Å². The monoisotopic (exact) mass is 390 g/mol. The molecule has 0 saturated carbocycles. The molecular formula is C15H10ClF3N2O5. The van der Waals surface area contributed by atoms with Gasteiger partial charge in [-0.25, -0.2) is 9.78 Å². The van der Waals surface area contributed by atoms with E-state index in [1.165, 1.54) is 12.1 Å². The van der Waals surface area contributed by atoms with Crippen molar-refractivity contribution in [1.29, 1.82) is 0 Å². The number of rotatable bonds is 5. The van der Waals surface area contributed by atoms with Crippen LogP contribution < -0.4 is 14.8 Å². The molecule has 2 aromatic rings. The number of anilines is 1. The third-order valence-corrected chi connectivity index (χ3v) is 3.23. The first-order chi connectivity index (χ1) is 12.1. The lowest BCUT2D eigenvalue weighted by Crippen LogP contribution is -2.19. The maximum atomic E-state index is 12.5. The van der Waals surface area contributed by atoms with Crippen LogP contribution in [0.2, 0.25) is 5.02 Å². The van der Waals surface area contributed by atoms with Crippen LogP contribution >= 0.6 is 11.6 Å². The van der Waals surface area contributed by atoms with Gasteiger partial charge < -0.3 is 19.9 Å². The van der Waals surface area contributed by atoms with E-state index in [4.69, 9.17) is 21.4 Å². The van der Waals surface area contributed by atoms with Gasteiger partial charge in [0.1, 0.15) is 5.82 Å². The number of benzene rings is 1. The Labute approximate surface area is 149 Å². The zero-order chi connectivity index (χ0) is 19.5. The molecule has 11 heteroatoms. The van der Waals surface area contributed by atoms with Gasteiger partial charge in [0.05, 0.1) is 17.7 Å². The molecule has 1 aromatic carbocycles. The summed E-state index contributed by atoms with van der Waals surface area (Å²) in [7, 11) is 1.10. The second kappa shape index (κ2) is 7.48. The topological polar surface area (TPSA) is 97.8 Å². The molecule has 0 aliphatic rings. The Hall–Kier alpha value is -3.01. The number of aromatic nitrogens is 1. The van der Waals surface area contributed by atoms with Crippen LogP contribution in [0.1, 0.15) is 20.7 Å². The predicted molar refractivity (Wildman–Crippen MR) is 83.8 cm³/mol. The van der Waals surface area contributed by atoms with Gasteiger partial charge in [0.2, 0.25) is 0 Å². The Morgan fingerprint density at radius 2 is 1.92 bits per heavy atom. The number of aromatic carboxylic acids is 1. The SMILES string of the molecule is COc1c(Cl)cc(C(=O)Nc2ccc(C(=O)O)cn2)cc1OC(F)(F)F. The van der Waals surface area contributed by atoms with Gasteiger partial charge in [-0.1, -0.05) is 11.6 Å². The first kappa shape index (κ1) is 19.3. The molecule has 0 unspecified atom stereocenters. The molecule has 0 aliphatic heterocycles. The van der Waals surface area contributed by atoms with Gasteiger partial charge in [-0.15, -0.1) is 13.2 Å². The molecule has 0 aliphatic carbocycles. The fourth-order valence-corrected chi connectivity index (χ4v) is 2.17. The number of nitrogens with one attached hydrogen (secondary N) is 1. The number of carboxylic acids is 1. The number of hydrogen-bond donors (Lipinski definition) is 2. The third-order valence-electron chi connectivity index (χ3n) is 2.95. The summed E-state index contributed by atoms with van der Waals surface area (Å²) < 4.78 is 46.0. The fraction of sp³-hybridized carbons (Fsp3) is 0.133. The van der Waals surface area contributed by atoms with Crippen LogP contribution in [0, 0.1) is 0 Å². The number of methoxy groups -OCH3 is 1. The average Bonchev–Trinajstić information content (AvgIpc) is 2.53. The summed E-state index contributed by atoms with van der Waals surface area (Å²) in [5.74, 6) is -3.22. The Morgan fingerprint density at radius 1 is 1.23 bits per heavy atom. The van der Waals surface area contributed by atoms with E-state index in [-0.39, 0.29) is 27.7 Å². The number of pyridine rings is 1. The summed E-state index contributed by atoms with van der Waals surface area (Å²) in [6.07, 6.45) is -4.00. The summed E-state index contributed by atoms with van der Waals surface area (Å²) in [5.41, 5.74) is -0.351. The number of carboxylic acid groups (broad SMARTS) is 1. The summed E-state index contributed by atoms with van der Waals surface area (Å²) >= 11 is 5.83. The summed E-state index contributed by atoms with van der Waals surface area (Å²) in [6, 6.07) is 4.31. The summed E-state index contributed by atoms with van der Waals surface area (Å²) in [4.78, 5) is 26.7. The molecule has 1 aromatic heterocycles. The van der Waals surface area contributed by atoms with Crippen LogP contribution in [0.5, 0.6) is 11.5 Å². The van der Waals surface area contributed by atoms with Crippen molar-refractivity contribution in [3.63, 3.8) is 0 Å². The third kappa shape index (κ3) is 4.76. The first-order valence-corrected chi connectivity index (χ1v) is 7.12. The Balaban J connectivity index is 2.29. The zero-order valence-corrected chi connectivity index (χ0v) is 13.7. The number of ether oxygens (including phenoxy) is 2. The van der Waals surface area contributed by atoms with Gasteiger partial charge >= 0.3 is 12.3 Å². The lowest BCUT2D eigenvalue weighted by atomic mass is 10.2. The van der Waals surface area contributed by atoms with E-state index in [0.717, 1.165) is 25.4 Å². The van der Waals surface area contributed by atoms with Crippen molar-refractivity contribution in [2.45, 2.75) is 6.36 Å². The van der Waals surface area contributed by atoms with Gasteiger partial charge in [0.25, 0.3) is 5.91 Å². The molecule has 2 rings (SSSR count). The highest BCUT2D eigenvalue weighted by Gasteiger charge is 2.33. The highest BCUT2D eigenvalue weighted by atomic mass is 35.5. The quantitative estimate of drug-likeness (QED) is 0.809. The minimum absolute atomic E-state index is 0.00905. The Kier molecular flexibility index (Phi) is 5.56. The maximum Gasteiger partial charge on any atom is 0.573 e. The molecule has 7 nitrogen and oxygen atoms in total. The molecule has 26 heavy (non-hydrogen) atoms. The van der Waals surface area contributed by atoms with Crippen molar-refractivity contribution in [3.8, 4) is 11.5 Å². The Morgan fingerprint density at radius 3 is 2.42 bits per heavy atom. The maximum absolute atomic E-state index is 12.5.